The highest BCUT2D eigenvalue weighted by molar-refractivity contribution is 7.93. The standard InChI is InChI=1S/C30H30ClN3O7S2/c1-20-5-12-26(13-6-20)43(38,39)34(28-17-22(31)8-7-21(28)2)19-30(35)32-23-9-14-25(15-10-23)42(36,37)33-27-18-24(40-3)11-16-29(27)41-4/h5-18,33H,19H2,1-4H3,(H,32,35). The summed E-state index contributed by atoms with van der Waals surface area (Å²) >= 11 is 6.19. The van der Waals surface area contributed by atoms with Gasteiger partial charge in [0.05, 0.1) is 35.4 Å². The van der Waals surface area contributed by atoms with Gasteiger partial charge in [-0.05, 0) is 80.1 Å². The molecule has 10 nitrogen and oxygen atoms in total. The van der Waals surface area contributed by atoms with E-state index in [0.717, 1.165) is 9.87 Å². The maximum absolute atomic E-state index is 13.7. The third kappa shape index (κ3) is 7.39. The Kier molecular flexibility index (Phi) is 9.53. The normalized spacial score (nSPS) is 11.5. The largest absolute Gasteiger partial charge is 0.497 e. The van der Waals surface area contributed by atoms with Crippen LogP contribution in [0.1, 0.15) is 11.1 Å². The fourth-order valence-corrected chi connectivity index (χ4v) is 6.84. The molecule has 0 spiro atoms. The van der Waals surface area contributed by atoms with Crippen LogP contribution in [0.3, 0.4) is 0 Å². The summed E-state index contributed by atoms with van der Waals surface area (Å²) in [6.07, 6.45) is 0. The van der Waals surface area contributed by atoms with Crippen LogP contribution in [0.25, 0.3) is 0 Å². The summed E-state index contributed by atoms with van der Waals surface area (Å²) in [5.41, 5.74) is 2.18. The fourth-order valence-electron chi connectivity index (χ4n) is 4.13. The van der Waals surface area contributed by atoms with Gasteiger partial charge in [-0.3, -0.25) is 13.8 Å². The first kappa shape index (κ1) is 31.7. The van der Waals surface area contributed by atoms with Crippen LogP contribution < -0.4 is 23.8 Å². The average Bonchev–Trinajstić information content (AvgIpc) is 2.97. The SMILES string of the molecule is COc1ccc(OC)c(NS(=O)(=O)c2ccc(NC(=O)CN(c3cc(Cl)ccc3C)S(=O)(=O)c3ccc(C)cc3)cc2)c1. The molecule has 0 aliphatic heterocycles. The Morgan fingerprint density at radius 2 is 1.47 bits per heavy atom. The zero-order chi connectivity index (χ0) is 31.4. The van der Waals surface area contributed by atoms with Crippen molar-refractivity contribution >= 4 is 54.6 Å². The fraction of sp³-hybridized carbons (Fsp3) is 0.167. The molecule has 0 aliphatic rings. The number of carbonyl (C=O) groups excluding carboxylic acids is 1. The number of hydrogen-bond acceptors (Lipinski definition) is 7. The number of rotatable bonds is 11. The number of benzene rings is 4. The lowest BCUT2D eigenvalue weighted by atomic mass is 10.2. The van der Waals surface area contributed by atoms with E-state index in [4.69, 9.17) is 21.1 Å². The number of aryl methyl sites for hydroxylation is 2. The van der Waals surface area contributed by atoms with Crippen molar-refractivity contribution < 1.29 is 31.1 Å². The van der Waals surface area contributed by atoms with Crippen molar-refractivity contribution in [3.8, 4) is 11.5 Å². The zero-order valence-corrected chi connectivity index (χ0v) is 26.2. The Balaban J connectivity index is 1.56. The predicted octanol–water partition coefficient (Wildman–Crippen LogP) is 5.61. The molecule has 43 heavy (non-hydrogen) atoms. The number of carbonyl (C=O) groups is 1. The molecule has 0 heterocycles. The van der Waals surface area contributed by atoms with Gasteiger partial charge in [0.2, 0.25) is 5.91 Å². The van der Waals surface area contributed by atoms with E-state index in [1.807, 2.05) is 6.92 Å². The molecule has 0 radical (unpaired) electrons. The molecule has 4 aromatic carbocycles. The molecule has 1 amide bonds. The number of anilines is 3. The van der Waals surface area contributed by atoms with E-state index in [1.165, 1.54) is 62.8 Å². The van der Waals surface area contributed by atoms with Gasteiger partial charge >= 0.3 is 0 Å². The molecule has 13 heteroatoms. The van der Waals surface area contributed by atoms with Crippen molar-refractivity contribution in [3.63, 3.8) is 0 Å². The molecule has 4 rings (SSSR count). The molecule has 0 aliphatic carbocycles. The molecular weight excluding hydrogens is 614 g/mol. The van der Waals surface area contributed by atoms with Gasteiger partial charge in [-0.2, -0.15) is 0 Å². The first-order chi connectivity index (χ1) is 20.3. The number of ether oxygens (including phenoxy) is 2. The summed E-state index contributed by atoms with van der Waals surface area (Å²) in [6.45, 7) is 3.00. The van der Waals surface area contributed by atoms with E-state index in [2.05, 4.69) is 10.0 Å². The summed E-state index contributed by atoms with van der Waals surface area (Å²) in [4.78, 5) is 13.1. The molecule has 4 aromatic rings. The van der Waals surface area contributed by atoms with Crippen LogP contribution in [-0.4, -0.2) is 43.5 Å². The zero-order valence-electron chi connectivity index (χ0n) is 23.8. The monoisotopic (exact) mass is 643 g/mol. The molecule has 0 aromatic heterocycles. The molecule has 2 N–H and O–H groups in total. The van der Waals surface area contributed by atoms with Crippen molar-refractivity contribution in [3.05, 3.63) is 101 Å². The Hall–Kier alpha value is -4.26. The summed E-state index contributed by atoms with van der Waals surface area (Å²) in [6, 6.07) is 21.2. The quantitative estimate of drug-likeness (QED) is 0.217. The highest BCUT2D eigenvalue weighted by Gasteiger charge is 2.29. The molecule has 0 unspecified atom stereocenters. The van der Waals surface area contributed by atoms with Gasteiger partial charge < -0.3 is 14.8 Å². The number of hydrogen-bond donors (Lipinski definition) is 2. The number of methoxy groups -OCH3 is 2. The first-order valence-corrected chi connectivity index (χ1v) is 16.1. The molecule has 0 saturated carbocycles. The second kappa shape index (κ2) is 12.9. The lowest BCUT2D eigenvalue weighted by Crippen LogP contribution is -2.38. The summed E-state index contributed by atoms with van der Waals surface area (Å²) < 4.78 is 67.4. The van der Waals surface area contributed by atoms with Gasteiger partial charge in [0.15, 0.2) is 0 Å². The minimum atomic E-state index is -4.16. The van der Waals surface area contributed by atoms with Crippen LogP contribution in [0, 0.1) is 13.8 Å². The van der Waals surface area contributed by atoms with Gasteiger partial charge in [-0.25, -0.2) is 16.8 Å². The van der Waals surface area contributed by atoms with Gasteiger partial charge in [0.25, 0.3) is 20.0 Å². The van der Waals surface area contributed by atoms with Crippen molar-refractivity contribution in [1.82, 2.24) is 0 Å². The highest BCUT2D eigenvalue weighted by Crippen LogP contribution is 2.32. The van der Waals surface area contributed by atoms with Crippen LogP contribution in [0.5, 0.6) is 11.5 Å². The molecule has 0 saturated heterocycles. The van der Waals surface area contributed by atoms with Crippen molar-refractivity contribution in [2.45, 2.75) is 23.6 Å². The molecule has 0 fully saturated rings. The third-order valence-electron chi connectivity index (χ3n) is 6.44. The van der Waals surface area contributed by atoms with Crippen molar-refractivity contribution in [2.75, 3.05) is 35.1 Å². The maximum Gasteiger partial charge on any atom is 0.264 e. The van der Waals surface area contributed by atoms with E-state index in [1.54, 1.807) is 43.3 Å². The molecule has 0 bridgehead atoms. The maximum atomic E-state index is 13.7. The van der Waals surface area contributed by atoms with Gasteiger partial charge in [-0.15, -0.1) is 0 Å². The lowest BCUT2D eigenvalue weighted by Gasteiger charge is -2.26. The van der Waals surface area contributed by atoms with Gasteiger partial charge in [0.1, 0.15) is 18.0 Å². The van der Waals surface area contributed by atoms with Crippen molar-refractivity contribution in [2.24, 2.45) is 0 Å². The van der Waals surface area contributed by atoms with Crippen LogP contribution in [-0.2, 0) is 24.8 Å². The van der Waals surface area contributed by atoms with Crippen molar-refractivity contribution in [1.29, 1.82) is 0 Å². The summed E-state index contributed by atoms with van der Waals surface area (Å²) in [5, 5.41) is 2.95. The minimum Gasteiger partial charge on any atom is -0.497 e. The smallest absolute Gasteiger partial charge is 0.264 e. The minimum absolute atomic E-state index is 0.0139. The second-order valence-electron chi connectivity index (χ2n) is 9.50. The topological polar surface area (TPSA) is 131 Å². The van der Waals surface area contributed by atoms with E-state index < -0.39 is 32.5 Å². The van der Waals surface area contributed by atoms with Crippen LogP contribution in [0.4, 0.5) is 17.1 Å². The Labute approximate surface area is 256 Å². The molecule has 226 valence electrons. The number of amides is 1. The number of nitrogens with zero attached hydrogens (tertiary/aromatic N) is 1. The highest BCUT2D eigenvalue weighted by atomic mass is 35.5. The third-order valence-corrected chi connectivity index (χ3v) is 9.83. The number of nitrogens with one attached hydrogen (secondary N) is 2. The molecular formula is C30H30ClN3O7S2. The Morgan fingerprint density at radius 1 is 0.814 bits per heavy atom. The van der Waals surface area contributed by atoms with Gasteiger partial charge in [0, 0.05) is 16.8 Å². The Morgan fingerprint density at radius 3 is 2.09 bits per heavy atom. The van der Waals surface area contributed by atoms with E-state index in [9.17, 15) is 21.6 Å². The first-order valence-electron chi connectivity index (χ1n) is 12.8. The lowest BCUT2D eigenvalue weighted by molar-refractivity contribution is -0.114. The molecule has 0 atom stereocenters. The average molecular weight is 644 g/mol. The summed E-state index contributed by atoms with van der Waals surface area (Å²) in [7, 11) is -5.32. The van der Waals surface area contributed by atoms with E-state index in [0.29, 0.717) is 22.1 Å². The van der Waals surface area contributed by atoms with Crippen LogP contribution in [0.2, 0.25) is 5.02 Å². The van der Waals surface area contributed by atoms with Crippen LogP contribution >= 0.6 is 11.6 Å². The number of halogens is 1. The van der Waals surface area contributed by atoms with Gasteiger partial charge in [-0.1, -0.05) is 35.4 Å². The number of sulfonamides is 2. The van der Waals surface area contributed by atoms with E-state index >= 15 is 0 Å². The predicted molar refractivity (Wildman–Crippen MR) is 167 cm³/mol. The summed E-state index contributed by atoms with van der Waals surface area (Å²) in [5.74, 6) is 0.0845. The van der Waals surface area contributed by atoms with E-state index in [-0.39, 0.29) is 26.9 Å². The second-order valence-corrected chi connectivity index (χ2v) is 13.5. The Bertz CT molecular complexity index is 1850. The van der Waals surface area contributed by atoms with Crippen LogP contribution in [0.15, 0.2) is 94.7 Å².